The van der Waals surface area contributed by atoms with Crippen LogP contribution in [0.1, 0.15) is 12.5 Å². The number of hydrogen-bond acceptors (Lipinski definition) is 4. The molecule has 134 valence electrons. The van der Waals surface area contributed by atoms with Crippen LogP contribution < -0.4 is 9.44 Å². The molecule has 25 heavy (non-hydrogen) atoms. The van der Waals surface area contributed by atoms with Gasteiger partial charge in [0, 0.05) is 10.7 Å². The van der Waals surface area contributed by atoms with Gasteiger partial charge in [-0.25, -0.2) is 30.7 Å². The van der Waals surface area contributed by atoms with E-state index in [0.717, 1.165) is 16.4 Å². The Labute approximate surface area is 151 Å². The second kappa shape index (κ2) is 7.52. The van der Waals surface area contributed by atoms with E-state index in [1.807, 2.05) is 0 Å². The Bertz CT molecular complexity index is 995. The number of benzene rings is 2. The van der Waals surface area contributed by atoms with Crippen LogP contribution in [-0.2, 0) is 20.9 Å². The highest BCUT2D eigenvalue weighted by Crippen LogP contribution is 2.29. The SMILES string of the molecule is C/C(=C/c1ccc(Cl)cc1)N(c1ccc(F)cc1S(N)(=O)=O)[SH](=O)=O. The second-order valence-electron chi connectivity index (χ2n) is 5.04. The average molecular weight is 405 g/mol. The van der Waals surface area contributed by atoms with Gasteiger partial charge in [0.15, 0.2) is 0 Å². The van der Waals surface area contributed by atoms with Gasteiger partial charge >= 0.3 is 0 Å². The van der Waals surface area contributed by atoms with Crippen molar-refractivity contribution in [2.75, 3.05) is 4.31 Å². The van der Waals surface area contributed by atoms with E-state index in [4.69, 9.17) is 16.7 Å². The van der Waals surface area contributed by atoms with E-state index < -0.39 is 31.6 Å². The standard InChI is InChI=1S/C15H14ClFN2O4S2/c1-10(8-11-2-4-12(16)5-3-11)19(24(20)21)14-7-6-13(17)9-15(14)25(18,22)23/h2-9,24H,1H3,(H2,18,22,23)/b10-8-. The third-order valence-corrected chi connectivity index (χ3v) is 5.25. The third-order valence-electron chi connectivity index (χ3n) is 3.20. The van der Waals surface area contributed by atoms with Crippen molar-refractivity contribution in [3.8, 4) is 0 Å². The fourth-order valence-corrected chi connectivity index (χ4v) is 3.75. The van der Waals surface area contributed by atoms with Gasteiger partial charge in [-0.15, -0.1) is 0 Å². The van der Waals surface area contributed by atoms with Gasteiger partial charge in [-0.3, -0.25) is 0 Å². The molecule has 0 aliphatic rings. The normalized spacial score (nSPS) is 12.4. The molecule has 2 aromatic rings. The number of halogens is 2. The zero-order valence-corrected chi connectivity index (χ0v) is 15.4. The minimum atomic E-state index is -4.34. The minimum absolute atomic E-state index is 0.190. The summed E-state index contributed by atoms with van der Waals surface area (Å²) in [6.45, 7) is 1.47. The van der Waals surface area contributed by atoms with Gasteiger partial charge in [0.25, 0.3) is 0 Å². The lowest BCUT2D eigenvalue weighted by atomic mass is 10.2. The van der Waals surface area contributed by atoms with Crippen molar-refractivity contribution in [1.82, 2.24) is 0 Å². The van der Waals surface area contributed by atoms with Crippen LogP contribution in [0, 0.1) is 5.82 Å². The highest BCUT2D eigenvalue weighted by molar-refractivity contribution is 7.89. The van der Waals surface area contributed by atoms with Crippen LogP contribution in [0.25, 0.3) is 6.08 Å². The minimum Gasteiger partial charge on any atom is -0.244 e. The van der Waals surface area contributed by atoms with Crippen LogP contribution in [0.3, 0.4) is 0 Å². The Morgan fingerprint density at radius 1 is 1.20 bits per heavy atom. The van der Waals surface area contributed by atoms with Crippen molar-refractivity contribution in [3.05, 3.63) is 64.6 Å². The lowest BCUT2D eigenvalue weighted by molar-refractivity contribution is 0.592. The Kier molecular flexibility index (Phi) is 5.83. The molecule has 0 aromatic heterocycles. The summed E-state index contributed by atoms with van der Waals surface area (Å²) in [5.74, 6) is -0.854. The number of nitrogens with zero attached hydrogens (tertiary/aromatic N) is 1. The van der Waals surface area contributed by atoms with Gasteiger partial charge in [-0.05, 0) is 48.9 Å². The van der Waals surface area contributed by atoms with E-state index >= 15 is 0 Å². The topological polar surface area (TPSA) is 97.5 Å². The molecule has 0 aliphatic heterocycles. The number of nitrogens with two attached hydrogens (primary N) is 1. The summed E-state index contributed by atoms with van der Waals surface area (Å²) in [7, 11) is -7.60. The summed E-state index contributed by atoms with van der Waals surface area (Å²) in [4.78, 5) is -0.629. The number of thiol groups is 1. The summed E-state index contributed by atoms with van der Waals surface area (Å²) < 4.78 is 61.0. The van der Waals surface area contributed by atoms with E-state index in [1.54, 1.807) is 24.3 Å². The maximum atomic E-state index is 13.4. The second-order valence-corrected chi connectivity index (χ2v) is 7.89. The molecule has 0 bridgehead atoms. The smallest absolute Gasteiger partial charge is 0.240 e. The van der Waals surface area contributed by atoms with Crippen LogP contribution in [0.4, 0.5) is 10.1 Å². The molecular formula is C15H14ClFN2O4S2. The van der Waals surface area contributed by atoms with Crippen molar-refractivity contribution in [2.24, 2.45) is 5.14 Å². The first kappa shape index (κ1) is 19.4. The predicted molar refractivity (Wildman–Crippen MR) is 95.7 cm³/mol. The molecule has 2 aromatic carbocycles. The van der Waals surface area contributed by atoms with Gasteiger partial charge in [0.2, 0.25) is 20.9 Å². The van der Waals surface area contributed by atoms with Gasteiger partial charge in [-0.1, -0.05) is 23.7 Å². The Hall–Kier alpha value is -1.94. The first-order chi connectivity index (χ1) is 11.6. The number of anilines is 1. The monoisotopic (exact) mass is 404 g/mol. The predicted octanol–water partition coefficient (Wildman–Crippen LogP) is 2.52. The molecule has 0 aliphatic carbocycles. The summed E-state index contributed by atoms with van der Waals surface area (Å²) >= 11 is 5.80. The van der Waals surface area contributed by atoms with Crippen LogP contribution in [-0.4, -0.2) is 16.8 Å². The summed E-state index contributed by atoms with van der Waals surface area (Å²) in [5, 5.41) is 5.59. The number of hydrogen-bond donors (Lipinski definition) is 2. The molecular weight excluding hydrogens is 391 g/mol. The Balaban J connectivity index is 2.62. The molecule has 2 N–H and O–H groups in total. The van der Waals surface area contributed by atoms with Crippen molar-refractivity contribution in [2.45, 2.75) is 11.8 Å². The Morgan fingerprint density at radius 3 is 2.32 bits per heavy atom. The summed E-state index contributed by atoms with van der Waals surface area (Å²) in [6, 6.07) is 9.23. The van der Waals surface area contributed by atoms with Gasteiger partial charge in [0.1, 0.15) is 10.7 Å². The molecule has 0 amide bonds. The van der Waals surface area contributed by atoms with E-state index in [2.05, 4.69) is 0 Å². The van der Waals surface area contributed by atoms with Crippen molar-refractivity contribution in [3.63, 3.8) is 0 Å². The zero-order chi connectivity index (χ0) is 18.8. The summed E-state index contributed by atoms with van der Waals surface area (Å²) in [6.07, 6.45) is 1.51. The molecule has 0 saturated heterocycles. The van der Waals surface area contributed by atoms with Gasteiger partial charge < -0.3 is 0 Å². The van der Waals surface area contributed by atoms with E-state index in [1.165, 1.54) is 13.0 Å². The lowest BCUT2D eigenvalue weighted by Gasteiger charge is -2.21. The molecule has 0 atom stereocenters. The average Bonchev–Trinajstić information content (AvgIpc) is 2.50. The Morgan fingerprint density at radius 2 is 1.80 bits per heavy atom. The molecule has 0 spiro atoms. The molecule has 2 rings (SSSR count). The van der Waals surface area contributed by atoms with Crippen LogP contribution >= 0.6 is 11.6 Å². The van der Waals surface area contributed by atoms with Crippen molar-refractivity contribution < 1.29 is 21.2 Å². The number of primary sulfonamides is 1. The highest BCUT2D eigenvalue weighted by Gasteiger charge is 2.22. The first-order valence-corrected chi connectivity index (χ1v) is 9.85. The van der Waals surface area contributed by atoms with Gasteiger partial charge in [-0.2, -0.15) is 0 Å². The molecule has 0 radical (unpaired) electrons. The summed E-state index contributed by atoms with van der Waals surface area (Å²) in [5.41, 5.74) is 0.570. The van der Waals surface area contributed by atoms with Crippen molar-refractivity contribution in [1.29, 1.82) is 0 Å². The quantitative estimate of drug-likeness (QED) is 0.748. The highest BCUT2D eigenvalue weighted by atomic mass is 35.5. The molecule has 0 fully saturated rings. The number of sulfonamides is 1. The fraction of sp³-hybridized carbons (Fsp3) is 0.0667. The van der Waals surface area contributed by atoms with Crippen molar-refractivity contribution >= 4 is 44.3 Å². The van der Waals surface area contributed by atoms with E-state index in [9.17, 15) is 21.2 Å². The molecule has 6 nitrogen and oxygen atoms in total. The largest absolute Gasteiger partial charge is 0.244 e. The maximum Gasteiger partial charge on any atom is 0.240 e. The molecule has 0 saturated carbocycles. The first-order valence-electron chi connectivity index (χ1n) is 6.80. The fourth-order valence-electron chi connectivity index (χ4n) is 2.16. The van der Waals surface area contributed by atoms with Crippen LogP contribution in [0.2, 0.25) is 5.02 Å². The zero-order valence-electron chi connectivity index (χ0n) is 12.9. The third kappa shape index (κ3) is 4.79. The maximum absolute atomic E-state index is 13.4. The molecule has 0 heterocycles. The van der Waals surface area contributed by atoms with Crippen LogP contribution in [0.15, 0.2) is 53.1 Å². The van der Waals surface area contributed by atoms with E-state index in [0.29, 0.717) is 16.7 Å². The molecule has 0 unspecified atom stereocenters. The molecule has 10 heteroatoms. The lowest BCUT2D eigenvalue weighted by Crippen LogP contribution is -2.23. The number of allylic oxidation sites excluding steroid dienone is 1. The number of rotatable bonds is 5. The van der Waals surface area contributed by atoms with E-state index in [-0.39, 0.29) is 11.4 Å². The van der Waals surface area contributed by atoms with Crippen LogP contribution in [0.5, 0.6) is 0 Å². The van der Waals surface area contributed by atoms with Gasteiger partial charge in [0.05, 0.1) is 5.69 Å².